The van der Waals surface area contributed by atoms with E-state index in [1.165, 1.54) is 5.56 Å². The summed E-state index contributed by atoms with van der Waals surface area (Å²) in [6, 6.07) is 10.6. The molecule has 0 aliphatic carbocycles. The molecule has 1 aromatic carbocycles. The molecule has 0 radical (unpaired) electrons. The van der Waals surface area contributed by atoms with Gasteiger partial charge in [0.1, 0.15) is 10.5 Å². The van der Waals surface area contributed by atoms with Crippen LogP contribution in [0.2, 0.25) is 0 Å². The van der Waals surface area contributed by atoms with Gasteiger partial charge in [-0.25, -0.2) is 0 Å². The summed E-state index contributed by atoms with van der Waals surface area (Å²) in [7, 11) is 0.847. The minimum Gasteiger partial charge on any atom is -0.425 e. The van der Waals surface area contributed by atoms with Crippen molar-refractivity contribution in [1.82, 2.24) is 0 Å². The van der Waals surface area contributed by atoms with Gasteiger partial charge in [0.05, 0.1) is 0 Å². The fourth-order valence-electron chi connectivity index (χ4n) is 1.68. The molecule has 1 aromatic rings. The van der Waals surface area contributed by atoms with Gasteiger partial charge in [0.25, 0.3) is 0 Å². The van der Waals surface area contributed by atoms with Crippen molar-refractivity contribution in [2.24, 2.45) is 5.92 Å². The molecule has 0 heterocycles. The molecule has 0 fully saturated rings. The largest absolute Gasteiger partial charge is 0.425 e. The van der Waals surface area contributed by atoms with E-state index < -0.39 is 0 Å². The van der Waals surface area contributed by atoms with Gasteiger partial charge < -0.3 is 4.43 Å². The number of aryl methyl sites for hydroxylation is 1. The highest BCUT2D eigenvalue weighted by molar-refractivity contribution is 5.98. The molecule has 1 nitrogen and oxygen atoms in total. The molecule has 0 saturated heterocycles. The Balaban J connectivity index is 2.40. The Bertz CT molecular complexity index is 246. The van der Waals surface area contributed by atoms with E-state index in [9.17, 15) is 0 Å². The van der Waals surface area contributed by atoms with Crippen molar-refractivity contribution in [3.8, 4) is 0 Å². The molecule has 1 rings (SSSR count). The quantitative estimate of drug-likeness (QED) is 0.672. The van der Waals surface area contributed by atoms with Gasteiger partial charge in [0.2, 0.25) is 0 Å². The summed E-state index contributed by atoms with van der Waals surface area (Å²) in [6.45, 7) is 4.46. The predicted molar refractivity (Wildman–Crippen MR) is 64.4 cm³/mol. The standard InChI is InChI=1S/C12H20OSi/c1-10(2)12(13-14)9-8-11-6-4-3-5-7-11/h3-7,10,12H,8-9H2,1-2,14H3. The summed E-state index contributed by atoms with van der Waals surface area (Å²) in [4.78, 5) is 0. The minimum atomic E-state index is 0.446. The van der Waals surface area contributed by atoms with E-state index in [0.717, 1.165) is 23.3 Å². The highest BCUT2D eigenvalue weighted by atomic mass is 28.2. The molecule has 0 aromatic heterocycles. The first-order valence-corrected chi connectivity index (χ1v) is 6.12. The second kappa shape index (κ2) is 5.99. The minimum absolute atomic E-state index is 0.446. The van der Waals surface area contributed by atoms with Gasteiger partial charge in [-0.3, -0.25) is 0 Å². The number of rotatable bonds is 5. The van der Waals surface area contributed by atoms with Crippen molar-refractivity contribution in [2.45, 2.75) is 32.8 Å². The van der Waals surface area contributed by atoms with Crippen LogP contribution in [0.1, 0.15) is 25.8 Å². The topological polar surface area (TPSA) is 9.23 Å². The third kappa shape index (κ3) is 3.64. The molecule has 0 saturated carbocycles. The molecule has 1 unspecified atom stereocenters. The molecular weight excluding hydrogens is 188 g/mol. The Kier molecular flexibility index (Phi) is 4.91. The van der Waals surface area contributed by atoms with E-state index in [1.807, 2.05) is 0 Å². The van der Waals surface area contributed by atoms with Crippen LogP contribution in [0.25, 0.3) is 0 Å². The molecule has 78 valence electrons. The molecular formula is C12H20OSi. The molecule has 0 N–H and O–H groups in total. The summed E-state index contributed by atoms with van der Waals surface area (Å²) < 4.78 is 5.57. The third-order valence-electron chi connectivity index (χ3n) is 2.61. The fraction of sp³-hybridized carbons (Fsp3) is 0.500. The van der Waals surface area contributed by atoms with Crippen molar-refractivity contribution in [3.05, 3.63) is 35.9 Å². The first-order chi connectivity index (χ1) is 6.74. The van der Waals surface area contributed by atoms with Crippen LogP contribution in [0.3, 0.4) is 0 Å². The normalized spacial score (nSPS) is 13.4. The van der Waals surface area contributed by atoms with E-state index in [0.29, 0.717) is 12.0 Å². The number of hydrogen-bond acceptors (Lipinski definition) is 1. The van der Waals surface area contributed by atoms with Gasteiger partial charge >= 0.3 is 0 Å². The zero-order chi connectivity index (χ0) is 10.4. The lowest BCUT2D eigenvalue weighted by Crippen LogP contribution is -2.19. The third-order valence-corrected chi connectivity index (χ3v) is 3.21. The maximum absolute atomic E-state index is 5.57. The van der Waals surface area contributed by atoms with Crippen molar-refractivity contribution in [3.63, 3.8) is 0 Å². The maximum Gasteiger partial charge on any atom is 0.146 e. The lowest BCUT2D eigenvalue weighted by atomic mass is 9.99. The van der Waals surface area contributed by atoms with Gasteiger partial charge in [-0.15, -0.1) is 0 Å². The van der Waals surface area contributed by atoms with E-state index in [1.54, 1.807) is 0 Å². The molecule has 2 heteroatoms. The lowest BCUT2D eigenvalue weighted by molar-refractivity contribution is 0.156. The van der Waals surface area contributed by atoms with Gasteiger partial charge in [-0.2, -0.15) is 0 Å². The summed E-state index contributed by atoms with van der Waals surface area (Å²) in [5.74, 6) is 0.635. The molecule has 0 bridgehead atoms. The summed E-state index contributed by atoms with van der Waals surface area (Å²) in [5.41, 5.74) is 1.41. The van der Waals surface area contributed by atoms with Gasteiger partial charge in [-0.1, -0.05) is 44.2 Å². The van der Waals surface area contributed by atoms with Crippen molar-refractivity contribution in [2.75, 3.05) is 0 Å². The molecule has 0 aliphatic rings. The second-order valence-electron chi connectivity index (χ2n) is 4.04. The highest BCUT2D eigenvalue weighted by Crippen LogP contribution is 2.13. The van der Waals surface area contributed by atoms with Gasteiger partial charge in [0.15, 0.2) is 0 Å². The maximum atomic E-state index is 5.57. The van der Waals surface area contributed by atoms with Crippen LogP contribution < -0.4 is 0 Å². The Morgan fingerprint density at radius 1 is 1.21 bits per heavy atom. The van der Waals surface area contributed by atoms with Crippen molar-refractivity contribution >= 4 is 10.5 Å². The number of hydrogen-bond donors (Lipinski definition) is 0. The average molecular weight is 208 g/mol. The lowest BCUT2D eigenvalue weighted by Gasteiger charge is -2.19. The van der Waals surface area contributed by atoms with Crippen LogP contribution in [0.5, 0.6) is 0 Å². The van der Waals surface area contributed by atoms with Gasteiger partial charge in [-0.05, 0) is 24.3 Å². The smallest absolute Gasteiger partial charge is 0.146 e. The Morgan fingerprint density at radius 3 is 2.36 bits per heavy atom. The Hall–Kier alpha value is -0.603. The zero-order valence-corrected chi connectivity index (χ0v) is 11.4. The van der Waals surface area contributed by atoms with E-state index >= 15 is 0 Å². The first kappa shape index (κ1) is 11.5. The molecule has 14 heavy (non-hydrogen) atoms. The Morgan fingerprint density at radius 2 is 1.86 bits per heavy atom. The predicted octanol–water partition coefficient (Wildman–Crippen LogP) is 1.94. The molecule has 0 spiro atoms. The highest BCUT2D eigenvalue weighted by Gasteiger charge is 2.10. The van der Waals surface area contributed by atoms with Crippen LogP contribution in [0.4, 0.5) is 0 Å². The SMILES string of the molecule is CC(C)C(CCc1ccccc1)O[SiH3]. The van der Waals surface area contributed by atoms with Crippen LogP contribution in [0, 0.1) is 5.92 Å². The van der Waals surface area contributed by atoms with Crippen LogP contribution in [-0.2, 0) is 10.8 Å². The van der Waals surface area contributed by atoms with Crippen LogP contribution in [-0.4, -0.2) is 16.6 Å². The Labute approximate surface area is 90.0 Å². The van der Waals surface area contributed by atoms with E-state index in [-0.39, 0.29) is 0 Å². The monoisotopic (exact) mass is 208 g/mol. The van der Waals surface area contributed by atoms with Crippen LogP contribution in [0.15, 0.2) is 30.3 Å². The van der Waals surface area contributed by atoms with E-state index in [4.69, 9.17) is 4.43 Å². The number of benzene rings is 1. The fourth-order valence-corrected chi connectivity index (χ4v) is 2.46. The summed E-state index contributed by atoms with van der Waals surface area (Å²) >= 11 is 0. The second-order valence-corrected chi connectivity index (χ2v) is 4.51. The summed E-state index contributed by atoms with van der Waals surface area (Å²) in [6.07, 6.45) is 2.72. The first-order valence-electron chi connectivity index (χ1n) is 5.30. The van der Waals surface area contributed by atoms with Crippen LogP contribution >= 0.6 is 0 Å². The molecule has 0 aliphatic heterocycles. The van der Waals surface area contributed by atoms with Crippen molar-refractivity contribution in [1.29, 1.82) is 0 Å². The van der Waals surface area contributed by atoms with E-state index in [2.05, 4.69) is 44.2 Å². The molecule has 0 amide bonds. The van der Waals surface area contributed by atoms with Crippen molar-refractivity contribution < 1.29 is 4.43 Å². The van der Waals surface area contributed by atoms with Gasteiger partial charge in [0, 0.05) is 6.10 Å². The average Bonchev–Trinajstić information content (AvgIpc) is 2.20. The summed E-state index contributed by atoms with van der Waals surface area (Å²) in [5, 5.41) is 0. The zero-order valence-electron chi connectivity index (χ0n) is 9.36. The molecule has 1 atom stereocenters.